The molecule has 0 spiro atoms. The van der Waals surface area contributed by atoms with Crippen molar-refractivity contribution in [1.82, 2.24) is 20.1 Å². The number of nitrogens with one attached hydrogen (secondary N) is 1. The number of aryl methyl sites for hydroxylation is 2. The average molecular weight is 306 g/mol. The van der Waals surface area contributed by atoms with Gasteiger partial charge in [-0.25, -0.2) is 0 Å². The molecule has 22 heavy (non-hydrogen) atoms. The smallest absolute Gasteiger partial charge is 0.133 e. The Balaban J connectivity index is 1.32. The fourth-order valence-electron chi connectivity index (χ4n) is 3.82. The van der Waals surface area contributed by atoms with E-state index < -0.39 is 0 Å². The van der Waals surface area contributed by atoms with E-state index in [1.165, 1.54) is 32.1 Å². The topological polar surface area (TPSA) is 52.0 Å². The van der Waals surface area contributed by atoms with Gasteiger partial charge in [-0.2, -0.15) is 0 Å². The second-order valence-corrected chi connectivity index (χ2v) is 7.05. The Kier molecular flexibility index (Phi) is 5.47. The van der Waals surface area contributed by atoms with E-state index in [1.54, 1.807) is 0 Å². The minimum absolute atomic E-state index is 0.493. The van der Waals surface area contributed by atoms with E-state index in [2.05, 4.69) is 27.0 Å². The van der Waals surface area contributed by atoms with Crippen LogP contribution in [0, 0.1) is 18.8 Å². The largest absolute Gasteiger partial charge is 0.377 e. The van der Waals surface area contributed by atoms with Crippen molar-refractivity contribution in [3.63, 3.8) is 0 Å². The van der Waals surface area contributed by atoms with Gasteiger partial charge in [-0.15, -0.1) is 10.2 Å². The first-order chi connectivity index (χ1) is 10.7. The lowest BCUT2D eigenvalue weighted by Crippen LogP contribution is -2.34. The highest BCUT2D eigenvalue weighted by Gasteiger charge is 2.22. The zero-order valence-corrected chi connectivity index (χ0v) is 14.1. The SMILES string of the molecule is Cc1nnc2n1C[C@H](CNCCO[C@H]1CCCC[C@H]1C)CC2. The summed E-state index contributed by atoms with van der Waals surface area (Å²) in [6.07, 6.45) is 8.07. The predicted octanol–water partition coefficient (Wildman–Crippen LogP) is 2.33. The van der Waals surface area contributed by atoms with E-state index in [9.17, 15) is 0 Å². The summed E-state index contributed by atoms with van der Waals surface area (Å²) >= 11 is 0. The predicted molar refractivity (Wildman–Crippen MR) is 86.8 cm³/mol. The molecule has 0 saturated heterocycles. The van der Waals surface area contributed by atoms with Crippen LogP contribution in [0.25, 0.3) is 0 Å². The molecule has 3 atom stereocenters. The van der Waals surface area contributed by atoms with Crippen LogP contribution in [0.4, 0.5) is 0 Å². The molecule has 3 rings (SSSR count). The van der Waals surface area contributed by atoms with Gasteiger partial charge in [-0.3, -0.25) is 0 Å². The van der Waals surface area contributed by atoms with Crippen molar-refractivity contribution in [2.75, 3.05) is 19.7 Å². The molecule has 1 aliphatic heterocycles. The first kappa shape index (κ1) is 15.9. The quantitative estimate of drug-likeness (QED) is 0.820. The number of aromatic nitrogens is 3. The van der Waals surface area contributed by atoms with Crippen LogP contribution in [0.5, 0.6) is 0 Å². The number of hydrogen-bond donors (Lipinski definition) is 1. The van der Waals surface area contributed by atoms with E-state index in [0.717, 1.165) is 50.2 Å². The van der Waals surface area contributed by atoms with Crippen LogP contribution in [0.15, 0.2) is 0 Å². The van der Waals surface area contributed by atoms with E-state index in [1.807, 2.05) is 6.92 Å². The van der Waals surface area contributed by atoms with Gasteiger partial charge in [0, 0.05) is 19.5 Å². The highest BCUT2D eigenvalue weighted by atomic mass is 16.5. The average Bonchev–Trinajstić information content (AvgIpc) is 2.90. The molecular weight excluding hydrogens is 276 g/mol. The molecule has 0 aromatic carbocycles. The lowest BCUT2D eigenvalue weighted by Gasteiger charge is -2.29. The number of nitrogens with zero attached hydrogens (tertiary/aromatic N) is 3. The van der Waals surface area contributed by atoms with Crippen molar-refractivity contribution >= 4 is 0 Å². The van der Waals surface area contributed by atoms with Crippen molar-refractivity contribution in [2.24, 2.45) is 11.8 Å². The van der Waals surface area contributed by atoms with Crippen LogP contribution in [0.2, 0.25) is 0 Å². The third-order valence-corrected chi connectivity index (χ3v) is 5.31. The summed E-state index contributed by atoms with van der Waals surface area (Å²) in [4.78, 5) is 0. The van der Waals surface area contributed by atoms with Crippen molar-refractivity contribution in [3.05, 3.63) is 11.6 Å². The highest BCUT2D eigenvalue weighted by Crippen LogP contribution is 2.26. The summed E-state index contributed by atoms with van der Waals surface area (Å²) in [6, 6.07) is 0. The normalized spacial score (nSPS) is 28.5. The summed E-state index contributed by atoms with van der Waals surface area (Å²) in [7, 11) is 0. The van der Waals surface area contributed by atoms with Gasteiger partial charge in [0.15, 0.2) is 0 Å². The maximum Gasteiger partial charge on any atom is 0.133 e. The van der Waals surface area contributed by atoms with Crippen LogP contribution < -0.4 is 5.32 Å². The second-order valence-electron chi connectivity index (χ2n) is 7.05. The molecule has 1 fully saturated rings. The van der Waals surface area contributed by atoms with Crippen molar-refractivity contribution in [1.29, 1.82) is 0 Å². The van der Waals surface area contributed by atoms with Gasteiger partial charge in [0.25, 0.3) is 0 Å². The van der Waals surface area contributed by atoms with Gasteiger partial charge in [-0.05, 0) is 44.6 Å². The molecule has 2 heterocycles. The van der Waals surface area contributed by atoms with E-state index >= 15 is 0 Å². The Morgan fingerprint density at radius 1 is 1.23 bits per heavy atom. The number of ether oxygens (including phenoxy) is 1. The van der Waals surface area contributed by atoms with Crippen molar-refractivity contribution in [2.45, 2.75) is 65.0 Å². The van der Waals surface area contributed by atoms with E-state index in [-0.39, 0.29) is 0 Å². The lowest BCUT2D eigenvalue weighted by atomic mass is 9.88. The Morgan fingerprint density at radius 2 is 2.09 bits per heavy atom. The molecule has 1 saturated carbocycles. The highest BCUT2D eigenvalue weighted by molar-refractivity contribution is 4.98. The van der Waals surface area contributed by atoms with E-state index in [4.69, 9.17) is 4.74 Å². The molecule has 0 radical (unpaired) electrons. The Labute approximate surface area is 133 Å². The molecule has 0 bridgehead atoms. The van der Waals surface area contributed by atoms with Crippen LogP contribution >= 0.6 is 0 Å². The molecule has 124 valence electrons. The zero-order valence-electron chi connectivity index (χ0n) is 14.1. The molecule has 2 aliphatic rings. The minimum Gasteiger partial charge on any atom is -0.377 e. The van der Waals surface area contributed by atoms with Crippen LogP contribution in [-0.2, 0) is 17.7 Å². The molecule has 1 aromatic heterocycles. The fraction of sp³-hybridized carbons (Fsp3) is 0.882. The van der Waals surface area contributed by atoms with E-state index in [0.29, 0.717) is 12.0 Å². The summed E-state index contributed by atoms with van der Waals surface area (Å²) in [5.41, 5.74) is 0. The summed E-state index contributed by atoms with van der Waals surface area (Å²) in [6.45, 7) is 8.32. The minimum atomic E-state index is 0.493. The Hall–Kier alpha value is -0.940. The van der Waals surface area contributed by atoms with Crippen molar-refractivity contribution < 1.29 is 4.74 Å². The standard InChI is InChI=1S/C17H30N4O/c1-13-5-3-4-6-16(13)22-10-9-18-11-15-7-8-17-20-19-14(2)21(17)12-15/h13,15-16,18H,3-12H2,1-2H3/t13-,15+,16+/m1/s1. The third kappa shape index (κ3) is 3.87. The van der Waals surface area contributed by atoms with Crippen LogP contribution in [0.1, 0.15) is 50.7 Å². The molecule has 1 aliphatic carbocycles. The number of rotatable bonds is 6. The van der Waals surface area contributed by atoms with Crippen LogP contribution in [-0.4, -0.2) is 40.6 Å². The maximum atomic E-state index is 6.06. The van der Waals surface area contributed by atoms with Crippen molar-refractivity contribution in [3.8, 4) is 0 Å². The number of hydrogen-bond acceptors (Lipinski definition) is 4. The molecule has 1 aromatic rings. The molecule has 1 N–H and O–H groups in total. The molecule has 5 heteroatoms. The third-order valence-electron chi connectivity index (χ3n) is 5.31. The van der Waals surface area contributed by atoms with Gasteiger partial charge in [-0.1, -0.05) is 19.8 Å². The lowest BCUT2D eigenvalue weighted by molar-refractivity contribution is -0.00341. The van der Waals surface area contributed by atoms with Crippen LogP contribution in [0.3, 0.4) is 0 Å². The zero-order chi connectivity index (χ0) is 15.4. The summed E-state index contributed by atoms with van der Waals surface area (Å²) in [5.74, 6) is 3.63. The van der Waals surface area contributed by atoms with Gasteiger partial charge in [0.05, 0.1) is 12.7 Å². The van der Waals surface area contributed by atoms with Gasteiger partial charge in [0.1, 0.15) is 11.6 Å². The Bertz CT molecular complexity index is 473. The first-order valence-electron chi connectivity index (χ1n) is 8.95. The molecule has 0 unspecified atom stereocenters. The van der Waals surface area contributed by atoms with Gasteiger partial charge in [0.2, 0.25) is 0 Å². The summed E-state index contributed by atoms with van der Waals surface area (Å²) < 4.78 is 8.33. The maximum absolute atomic E-state index is 6.06. The van der Waals surface area contributed by atoms with Gasteiger partial charge < -0.3 is 14.6 Å². The molecular formula is C17H30N4O. The molecule has 5 nitrogen and oxygen atoms in total. The second kappa shape index (κ2) is 7.55. The summed E-state index contributed by atoms with van der Waals surface area (Å²) in [5, 5.41) is 12.0. The van der Waals surface area contributed by atoms with Gasteiger partial charge >= 0.3 is 0 Å². The fourth-order valence-corrected chi connectivity index (χ4v) is 3.82. The monoisotopic (exact) mass is 306 g/mol. The number of fused-ring (bicyclic) bond motifs is 1. The first-order valence-corrected chi connectivity index (χ1v) is 8.95. The Morgan fingerprint density at radius 3 is 2.95 bits per heavy atom. The molecule has 0 amide bonds.